The highest BCUT2D eigenvalue weighted by atomic mass is 19.4. The number of alkyl carbamates (subject to hydrolysis) is 1. The molecule has 5 rings (SSSR count). The lowest BCUT2D eigenvalue weighted by Crippen LogP contribution is -2.84. The molecule has 2 amide bonds. The third-order valence-corrected chi connectivity index (χ3v) is 6.13. The molecule has 0 aromatic heterocycles. The van der Waals surface area contributed by atoms with Crippen molar-refractivity contribution >= 4 is 12.2 Å². The first-order valence-electron chi connectivity index (χ1n) is 9.52. The van der Waals surface area contributed by atoms with E-state index < -0.39 is 36.4 Å². The molecule has 2 bridgehead atoms. The van der Waals surface area contributed by atoms with Crippen molar-refractivity contribution in [2.45, 2.75) is 88.1 Å². The Morgan fingerprint density at radius 1 is 1.21 bits per heavy atom. The third-order valence-electron chi connectivity index (χ3n) is 6.13. The summed E-state index contributed by atoms with van der Waals surface area (Å²) in [7, 11) is 0. The number of carbonyl (C=O) groups is 2. The van der Waals surface area contributed by atoms with Crippen LogP contribution in [-0.2, 0) is 14.2 Å². The van der Waals surface area contributed by atoms with Gasteiger partial charge in [0.15, 0.2) is 0 Å². The Bertz CT molecular complexity index is 664. The molecule has 28 heavy (non-hydrogen) atoms. The number of nitrogens with one attached hydrogen (secondary N) is 1. The average molecular weight is 406 g/mol. The quantitative estimate of drug-likeness (QED) is 0.775. The molecule has 7 nitrogen and oxygen atoms in total. The summed E-state index contributed by atoms with van der Waals surface area (Å²) in [5.74, 6) is -0.109. The van der Waals surface area contributed by atoms with E-state index in [0.717, 1.165) is 0 Å². The number of hydrogen-bond acceptors (Lipinski definition) is 5. The van der Waals surface area contributed by atoms with Gasteiger partial charge in [0.25, 0.3) is 0 Å². The van der Waals surface area contributed by atoms with Crippen molar-refractivity contribution in [1.29, 1.82) is 0 Å². The normalized spacial score (nSPS) is 39.4. The molecule has 1 saturated heterocycles. The van der Waals surface area contributed by atoms with Gasteiger partial charge in [-0.2, -0.15) is 0 Å². The maximum absolute atomic E-state index is 12.3. The number of hydrogen-bond donors (Lipinski definition) is 1. The molecule has 1 heterocycles. The fraction of sp³-hybridized carbons (Fsp3) is 0.889. The van der Waals surface area contributed by atoms with Gasteiger partial charge in [-0.25, -0.2) is 9.59 Å². The lowest BCUT2D eigenvalue weighted by molar-refractivity contribution is -0.355. The standard InChI is InChI=1S/C18H25F3N2O5/c1-15(2,3)28-13(24)22-16-7-17(8-16,9-16)23-6-12(26-14(23)25)10-4-11(5-10)27-18(19,20)21/h10-12H,4-9H2,1-3H3,(H,22,24)/t10-,11+,12?,16?,17?. The summed E-state index contributed by atoms with van der Waals surface area (Å²) in [6, 6.07) is 0. The first-order valence-corrected chi connectivity index (χ1v) is 9.52. The topological polar surface area (TPSA) is 77.1 Å². The molecule has 5 aliphatic rings. The van der Waals surface area contributed by atoms with Gasteiger partial charge in [0, 0.05) is 5.92 Å². The van der Waals surface area contributed by atoms with Crippen LogP contribution in [0, 0.1) is 5.92 Å². The molecule has 0 spiro atoms. The van der Waals surface area contributed by atoms with Gasteiger partial charge in [-0.3, -0.25) is 9.64 Å². The van der Waals surface area contributed by atoms with E-state index in [1.165, 1.54) is 0 Å². The number of ether oxygens (including phenoxy) is 3. The van der Waals surface area contributed by atoms with E-state index >= 15 is 0 Å². The van der Waals surface area contributed by atoms with Crippen molar-refractivity contribution in [3.05, 3.63) is 0 Å². The average Bonchev–Trinajstić information content (AvgIpc) is 2.74. The SMILES string of the molecule is CC(C)(C)OC(=O)NC12CC(N3CC([C@H]4C[C@@H](OC(F)(F)F)C4)OC3=O)(C1)C2. The second kappa shape index (κ2) is 5.90. The minimum absolute atomic E-state index is 0.109. The molecule has 1 atom stereocenters. The maximum atomic E-state index is 12.3. The Morgan fingerprint density at radius 2 is 1.82 bits per heavy atom. The summed E-state index contributed by atoms with van der Waals surface area (Å²) < 4.78 is 51.4. The zero-order valence-electron chi connectivity index (χ0n) is 16.1. The molecule has 158 valence electrons. The monoisotopic (exact) mass is 406 g/mol. The van der Waals surface area contributed by atoms with Crippen LogP contribution in [-0.4, -0.2) is 58.9 Å². The molecule has 0 radical (unpaired) electrons. The lowest BCUT2D eigenvalue weighted by Gasteiger charge is -2.72. The zero-order valence-corrected chi connectivity index (χ0v) is 16.1. The fourth-order valence-corrected chi connectivity index (χ4v) is 4.99. The van der Waals surface area contributed by atoms with Gasteiger partial charge in [-0.1, -0.05) is 0 Å². The highest BCUT2D eigenvalue weighted by Crippen LogP contribution is 2.64. The number of nitrogens with zero attached hydrogens (tertiary/aromatic N) is 1. The van der Waals surface area contributed by atoms with Crippen molar-refractivity contribution in [3.63, 3.8) is 0 Å². The number of halogens is 3. The van der Waals surface area contributed by atoms with Crippen molar-refractivity contribution in [2.24, 2.45) is 5.92 Å². The van der Waals surface area contributed by atoms with Crippen LogP contribution in [0.4, 0.5) is 22.8 Å². The number of rotatable bonds is 4. The van der Waals surface area contributed by atoms with Gasteiger partial charge in [-0.05, 0) is 52.9 Å². The highest BCUT2D eigenvalue weighted by molar-refractivity contribution is 5.74. The van der Waals surface area contributed by atoms with E-state index in [1.807, 2.05) is 0 Å². The second-order valence-electron chi connectivity index (χ2n) is 9.61. The molecule has 1 N–H and O–H groups in total. The molecular weight excluding hydrogens is 381 g/mol. The van der Waals surface area contributed by atoms with Gasteiger partial charge in [0.2, 0.25) is 0 Å². The summed E-state index contributed by atoms with van der Waals surface area (Å²) in [5, 5.41) is 2.90. The molecule has 4 aliphatic carbocycles. The minimum atomic E-state index is -4.63. The van der Waals surface area contributed by atoms with Crippen molar-refractivity contribution in [1.82, 2.24) is 10.2 Å². The van der Waals surface area contributed by atoms with Gasteiger partial charge in [0.05, 0.1) is 23.7 Å². The van der Waals surface area contributed by atoms with Crippen LogP contribution in [0.3, 0.4) is 0 Å². The molecule has 0 aromatic carbocycles. The lowest BCUT2D eigenvalue weighted by atomic mass is 9.43. The van der Waals surface area contributed by atoms with Crippen molar-refractivity contribution in [2.75, 3.05) is 6.54 Å². The van der Waals surface area contributed by atoms with E-state index in [2.05, 4.69) is 10.1 Å². The van der Waals surface area contributed by atoms with Crippen LogP contribution in [0.1, 0.15) is 52.9 Å². The highest BCUT2D eigenvalue weighted by Gasteiger charge is 2.73. The smallest absolute Gasteiger partial charge is 0.444 e. The molecule has 5 fully saturated rings. The van der Waals surface area contributed by atoms with Crippen LogP contribution in [0.2, 0.25) is 0 Å². The first-order chi connectivity index (χ1) is 12.8. The number of alkyl halides is 3. The Hall–Kier alpha value is -1.71. The summed E-state index contributed by atoms with van der Waals surface area (Å²) in [4.78, 5) is 26.0. The van der Waals surface area contributed by atoms with Crippen LogP contribution in [0.15, 0.2) is 0 Å². The second-order valence-corrected chi connectivity index (χ2v) is 9.61. The van der Waals surface area contributed by atoms with Gasteiger partial charge >= 0.3 is 18.5 Å². The molecule has 1 unspecified atom stereocenters. The molecule has 10 heteroatoms. The summed E-state index contributed by atoms with van der Waals surface area (Å²) >= 11 is 0. The zero-order chi connectivity index (χ0) is 20.5. The van der Waals surface area contributed by atoms with E-state index in [1.54, 1.807) is 25.7 Å². The van der Waals surface area contributed by atoms with Gasteiger partial charge < -0.3 is 14.8 Å². The summed E-state index contributed by atoms with van der Waals surface area (Å²) in [6.07, 6.45) is -4.36. The van der Waals surface area contributed by atoms with Crippen molar-refractivity contribution < 1.29 is 37.0 Å². The van der Waals surface area contributed by atoms with Crippen LogP contribution >= 0.6 is 0 Å². The van der Waals surface area contributed by atoms with E-state index in [9.17, 15) is 22.8 Å². The van der Waals surface area contributed by atoms with Crippen LogP contribution in [0.5, 0.6) is 0 Å². The molecule has 4 saturated carbocycles. The Labute approximate surface area is 160 Å². The van der Waals surface area contributed by atoms with Crippen LogP contribution < -0.4 is 5.32 Å². The van der Waals surface area contributed by atoms with E-state index in [-0.39, 0.29) is 29.8 Å². The largest absolute Gasteiger partial charge is 0.522 e. The Balaban J connectivity index is 1.25. The van der Waals surface area contributed by atoms with E-state index in [4.69, 9.17) is 9.47 Å². The van der Waals surface area contributed by atoms with Crippen LogP contribution in [0.25, 0.3) is 0 Å². The minimum Gasteiger partial charge on any atom is -0.444 e. The number of amides is 2. The van der Waals surface area contributed by atoms with Crippen molar-refractivity contribution in [3.8, 4) is 0 Å². The van der Waals surface area contributed by atoms with Gasteiger partial charge in [-0.15, -0.1) is 13.2 Å². The summed E-state index contributed by atoms with van der Waals surface area (Å²) in [5.41, 5.74) is -1.22. The number of cyclic esters (lactones) is 1. The number of carbonyl (C=O) groups excluding carboxylic acids is 2. The predicted molar refractivity (Wildman–Crippen MR) is 89.3 cm³/mol. The third kappa shape index (κ3) is 3.51. The maximum Gasteiger partial charge on any atom is 0.522 e. The molecule has 0 aromatic rings. The summed E-state index contributed by atoms with van der Waals surface area (Å²) in [6.45, 7) is 5.76. The Kier molecular flexibility index (Phi) is 4.13. The van der Waals surface area contributed by atoms with Gasteiger partial charge in [0.1, 0.15) is 11.7 Å². The van der Waals surface area contributed by atoms with E-state index in [0.29, 0.717) is 25.8 Å². The molecular formula is C18H25F3N2O5. The predicted octanol–water partition coefficient (Wildman–Crippen LogP) is 3.32. The fourth-order valence-electron chi connectivity index (χ4n) is 4.99. The molecule has 1 aliphatic heterocycles. The first kappa shape index (κ1) is 19.6. The Morgan fingerprint density at radius 3 is 2.36 bits per heavy atom.